The molecule has 4 aromatic carbocycles. The van der Waals surface area contributed by atoms with Gasteiger partial charge in [0.2, 0.25) is 11.8 Å². The molecule has 16 nitrogen and oxygen atoms in total. The smallest absolute Gasteiger partial charge is 0.318 e. The molecule has 0 bridgehead atoms. The molecule has 64 heavy (non-hydrogen) atoms. The van der Waals surface area contributed by atoms with Gasteiger partial charge in [0.15, 0.2) is 0 Å². The van der Waals surface area contributed by atoms with E-state index in [1.807, 2.05) is 109 Å². The second-order valence-electron chi connectivity index (χ2n) is 17.0. The van der Waals surface area contributed by atoms with Crippen molar-refractivity contribution in [2.45, 2.75) is 90.0 Å². The third-order valence-corrected chi connectivity index (χ3v) is 11.2. The normalized spacial score (nSPS) is 14.3. The molecule has 2 heterocycles. The van der Waals surface area contributed by atoms with Crippen molar-refractivity contribution in [3.63, 3.8) is 0 Å². The number of aromatic nitrogens is 4. The second-order valence-corrected chi connectivity index (χ2v) is 17.0. The van der Waals surface area contributed by atoms with Crippen LogP contribution in [-0.2, 0) is 35.5 Å². The van der Waals surface area contributed by atoms with Crippen LogP contribution in [0, 0.1) is 11.8 Å². The van der Waals surface area contributed by atoms with Crippen LogP contribution in [0.5, 0.6) is 0 Å². The number of hydrogen-bond donors (Lipinski definition) is 8. The van der Waals surface area contributed by atoms with Gasteiger partial charge in [0.05, 0.1) is 47.2 Å². The number of nitrogens with one attached hydrogen (secondary N) is 6. The number of carbonyl (C=O) groups excluding carboxylic acids is 4. The molecule has 0 spiro atoms. The molecule has 6 amide bonds. The summed E-state index contributed by atoms with van der Waals surface area (Å²) in [6.45, 7) is 7.51. The number of hydrogen-bond acceptors (Lipinski definition) is 8. The first-order valence-corrected chi connectivity index (χ1v) is 21.6. The summed E-state index contributed by atoms with van der Waals surface area (Å²) in [5.41, 5.74) is 4.76. The lowest BCUT2D eigenvalue weighted by Crippen LogP contribution is -2.62. The third-order valence-electron chi connectivity index (χ3n) is 11.2. The van der Waals surface area contributed by atoms with E-state index in [1.165, 1.54) is 9.80 Å². The molecule has 6 rings (SSSR count). The number of benzene rings is 4. The Bertz CT molecular complexity index is 2240. The maximum Gasteiger partial charge on any atom is 0.318 e. The van der Waals surface area contributed by atoms with Gasteiger partial charge in [0, 0.05) is 14.1 Å². The number of amides is 6. The molecule has 16 heteroatoms. The van der Waals surface area contributed by atoms with Crippen molar-refractivity contribution < 1.29 is 29.4 Å². The summed E-state index contributed by atoms with van der Waals surface area (Å²) >= 11 is 0. The molecule has 8 N–H and O–H groups in total. The van der Waals surface area contributed by atoms with Crippen molar-refractivity contribution in [3.05, 3.63) is 132 Å². The minimum absolute atomic E-state index is 0.115. The van der Waals surface area contributed by atoms with E-state index in [0.717, 1.165) is 33.2 Å². The summed E-state index contributed by atoms with van der Waals surface area (Å²) in [5.74, 6) is -0.704. The topological polar surface area (TPSA) is 221 Å². The lowest BCUT2D eigenvalue weighted by molar-refractivity contribution is -0.129. The lowest BCUT2D eigenvalue weighted by Gasteiger charge is -2.35. The number of imidazole rings is 2. The first-order valence-electron chi connectivity index (χ1n) is 21.6. The Balaban J connectivity index is 1.18. The van der Waals surface area contributed by atoms with Crippen molar-refractivity contribution in [1.82, 2.24) is 51.0 Å². The van der Waals surface area contributed by atoms with E-state index in [9.17, 15) is 29.4 Å². The first kappa shape index (κ1) is 46.7. The van der Waals surface area contributed by atoms with E-state index in [0.29, 0.717) is 11.6 Å². The molecule has 6 aromatic rings. The van der Waals surface area contributed by atoms with Gasteiger partial charge in [0.1, 0.15) is 35.9 Å². The zero-order valence-corrected chi connectivity index (χ0v) is 37.2. The maximum absolute atomic E-state index is 14.2. The van der Waals surface area contributed by atoms with Crippen molar-refractivity contribution in [3.8, 4) is 0 Å². The zero-order chi connectivity index (χ0) is 45.9. The summed E-state index contributed by atoms with van der Waals surface area (Å²) in [6, 6.07) is 28.3. The van der Waals surface area contributed by atoms with Crippen LogP contribution in [0.3, 0.4) is 0 Å². The highest BCUT2D eigenvalue weighted by Crippen LogP contribution is 2.18. The number of carbonyl (C=O) groups is 4. The highest BCUT2D eigenvalue weighted by molar-refractivity contribution is 5.88. The average Bonchev–Trinajstić information content (AvgIpc) is 3.89. The minimum atomic E-state index is -1.61. The maximum atomic E-state index is 14.2. The van der Waals surface area contributed by atoms with E-state index in [-0.39, 0.29) is 37.8 Å². The summed E-state index contributed by atoms with van der Waals surface area (Å²) < 4.78 is 0. The fourth-order valence-electron chi connectivity index (χ4n) is 7.58. The van der Waals surface area contributed by atoms with Crippen LogP contribution < -0.4 is 21.3 Å². The molecule has 338 valence electrons. The van der Waals surface area contributed by atoms with Gasteiger partial charge in [-0.25, -0.2) is 19.6 Å². The van der Waals surface area contributed by atoms with E-state index >= 15 is 0 Å². The van der Waals surface area contributed by atoms with Crippen molar-refractivity contribution in [2.75, 3.05) is 14.1 Å². The highest BCUT2D eigenvalue weighted by atomic mass is 16.3. The fraction of sp³-hybridized carbons (Fsp3) is 0.375. The molecule has 0 radical (unpaired) electrons. The Labute approximate surface area is 373 Å². The predicted octanol–water partition coefficient (Wildman–Crippen LogP) is 4.65. The van der Waals surface area contributed by atoms with Gasteiger partial charge >= 0.3 is 12.1 Å². The van der Waals surface area contributed by atoms with E-state index in [4.69, 9.17) is 0 Å². The van der Waals surface area contributed by atoms with Crippen LogP contribution in [0.25, 0.3) is 22.1 Å². The molecule has 0 saturated heterocycles. The first-order chi connectivity index (χ1) is 30.7. The molecule has 0 aliphatic heterocycles. The molecule has 0 aliphatic carbocycles. The number of aliphatic hydroxyl groups excluding tert-OH is 2. The van der Waals surface area contributed by atoms with Crippen LogP contribution in [0.2, 0.25) is 0 Å². The van der Waals surface area contributed by atoms with Gasteiger partial charge in [-0.05, 0) is 60.1 Å². The van der Waals surface area contributed by atoms with Crippen LogP contribution in [0.4, 0.5) is 9.59 Å². The number of urea groups is 2. The quantitative estimate of drug-likeness (QED) is 0.0572. The van der Waals surface area contributed by atoms with Gasteiger partial charge in [0.25, 0.3) is 0 Å². The number of nitrogens with zero attached hydrogens (tertiary/aromatic N) is 4. The largest absolute Gasteiger partial charge is 0.388 e. The standard InChI is InChI=1S/C48H60N10O6/c1-29(2)41(55-47(63)57(5)27-39-49-33-21-13-14-22-34(33)50-39)45(61)53-37(25-31-17-9-7-10-18-31)43(59)44(60)38(26-32-19-11-8-12-20-32)54-46(62)42(30(3)4)56-48(64)58(6)28-40-51-35-23-15-16-24-36(35)52-40/h7-24,29-30,37-38,41-44,59-60H,25-28H2,1-6H3,(H,49,50)(H,51,52)(H,53,61)(H,54,62)(H,55,63)(H,56,64)/t37-,38-,41?,42?,43-,44-/m0/s1. The van der Waals surface area contributed by atoms with Gasteiger partial charge in [-0.1, -0.05) is 113 Å². The van der Waals surface area contributed by atoms with Gasteiger partial charge < -0.3 is 51.2 Å². The van der Waals surface area contributed by atoms with E-state index in [1.54, 1.807) is 41.8 Å². The second kappa shape index (κ2) is 21.5. The predicted molar refractivity (Wildman–Crippen MR) is 246 cm³/mol. The fourth-order valence-corrected chi connectivity index (χ4v) is 7.58. The zero-order valence-electron chi connectivity index (χ0n) is 37.2. The Morgan fingerprint density at radius 3 is 1.22 bits per heavy atom. The van der Waals surface area contributed by atoms with Crippen LogP contribution in [0.15, 0.2) is 109 Å². The molecular weight excluding hydrogens is 813 g/mol. The highest BCUT2D eigenvalue weighted by Gasteiger charge is 2.38. The molecule has 0 saturated carbocycles. The van der Waals surface area contributed by atoms with Gasteiger partial charge in [-0.3, -0.25) is 9.59 Å². The summed E-state index contributed by atoms with van der Waals surface area (Å²) in [5, 5.41) is 35.8. The number of fused-ring (bicyclic) bond motifs is 2. The number of H-pyrrole nitrogens is 2. The molecule has 2 unspecified atom stereocenters. The van der Waals surface area contributed by atoms with Crippen molar-refractivity contribution in [1.29, 1.82) is 0 Å². The number of rotatable bonds is 19. The van der Waals surface area contributed by atoms with Crippen molar-refractivity contribution in [2.24, 2.45) is 11.8 Å². The molecule has 0 aliphatic rings. The molecule has 0 fully saturated rings. The third kappa shape index (κ3) is 12.2. The Hall–Kier alpha value is -6.78. The number of para-hydroxylation sites is 4. The van der Waals surface area contributed by atoms with Crippen LogP contribution in [0.1, 0.15) is 50.5 Å². The van der Waals surface area contributed by atoms with Crippen LogP contribution in [-0.4, -0.2) is 114 Å². The SMILES string of the molecule is CC(C)C(NC(=O)N(C)Cc1nc2ccccc2[nH]1)C(=O)N[C@@H](Cc1ccccc1)[C@H](O)[C@@H](O)[C@H](Cc1ccccc1)NC(=O)C(NC(=O)N(C)Cc1nc2ccccc2[nH]1)C(C)C. The molecular formula is C48H60N10O6. The summed E-state index contributed by atoms with van der Waals surface area (Å²) in [4.78, 5) is 73.8. The molecule has 2 aromatic heterocycles. The Kier molecular flexibility index (Phi) is 15.7. The monoisotopic (exact) mass is 872 g/mol. The summed E-state index contributed by atoms with van der Waals surface area (Å²) in [6.07, 6.45) is -2.99. The van der Waals surface area contributed by atoms with Gasteiger partial charge in [-0.15, -0.1) is 0 Å². The van der Waals surface area contributed by atoms with Gasteiger partial charge in [-0.2, -0.15) is 0 Å². The average molecular weight is 873 g/mol. The van der Waals surface area contributed by atoms with Crippen LogP contribution >= 0.6 is 0 Å². The van der Waals surface area contributed by atoms with Crippen molar-refractivity contribution >= 4 is 45.9 Å². The van der Waals surface area contributed by atoms with E-state index in [2.05, 4.69) is 41.2 Å². The summed E-state index contributed by atoms with van der Waals surface area (Å²) in [7, 11) is 3.21. The minimum Gasteiger partial charge on any atom is -0.388 e. The number of aliphatic hydroxyl groups is 2. The molecule has 6 atom stereocenters. The Morgan fingerprint density at radius 2 is 0.875 bits per heavy atom. The Morgan fingerprint density at radius 1 is 0.531 bits per heavy atom. The van der Waals surface area contributed by atoms with E-state index < -0.39 is 60.3 Å². The number of aromatic amines is 2. The lowest BCUT2D eigenvalue weighted by atomic mass is 9.90.